The van der Waals surface area contributed by atoms with Crippen molar-refractivity contribution in [3.8, 4) is 11.5 Å². The number of amides is 1. The summed E-state index contributed by atoms with van der Waals surface area (Å²) in [5.74, 6) is 1.33. The Morgan fingerprint density at radius 1 is 1.04 bits per heavy atom. The Morgan fingerprint density at radius 3 is 2.29 bits per heavy atom. The van der Waals surface area contributed by atoms with Crippen LogP contribution in [0.25, 0.3) is 0 Å². The summed E-state index contributed by atoms with van der Waals surface area (Å²) in [5, 5.41) is 10.7. The molecule has 0 aromatic heterocycles. The molecule has 148 valence electrons. The van der Waals surface area contributed by atoms with Crippen LogP contribution >= 0.6 is 0 Å². The van der Waals surface area contributed by atoms with E-state index in [0.717, 1.165) is 24.4 Å². The monoisotopic (exact) mass is 385 g/mol. The zero-order valence-electron chi connectivity index (χ0n) is 16.0. The summed E-state index contributed by atoms with van der Waals surface area (Å²) in [7, 11) is 3.24. The number of nitrogens with zero attached hydrogens (tertiary/aromatic N) is 3. The number of methoxy groups -OCH3 is 2. The van der Waals surface area contributed by atoms with Crippen LogP contribution in [-0.2, 0) is 6.54 Å². The van der Waals surface area contributed by atoms with Crippen molar-refractivity contribution < 1.29 is 19.2 Å². The van der Waals surface area contributed by atoms with Crippen LogP contribution in [0.1, 0.15) is 15.9 Å². The molecular formula is C20H23N3O5. The highest BCUT2D eigenvalue weighted by Gasteiger charge is 2.23. The van der Waals surface area contributed by atoms with Gasteiger partial charge in [-0.2, -0.15) is 0 Å². The fourth-order valence-corrected chi connectivity index (χ4v) is 3.34. The molecule has 0 spiro atoms. The van der Waals surface area contributed by atoms with Crippen molar-refractivity contribution in [2.75, 3.05) is 40.4 Å². The van der Waals surface area contributed by atoms with Gasteiger partial charge in [-0.15, -0.1) is 0 Å². The maximum absolute atomic E-state index is 12.6. The van der Waals surface area contributed by atoms with Crippen LogP contribution in [-0.4, -0.2) is 61.0 Å². The highest BCUT2D eigenvalue weighted by molar-refractivity contribution is 5.94. The zero-order chi connectivity index (χ0) is 20.1. The first kappa shape index (κ1) is 19.6. The molecule has 1 aliphatic heterocycles. The van der Waals surface area contributed by atoms with Gasteiger partial charge in [0, 0.05) is 56.0 Å². The molecule has 0 atom stereocenters. The Balaban J connectivity index is 1.60. The lowest BCUT2D eigenvalue weighted by atomic mass is 10.1. The van der Waals surface area contributed by atoms with E-state index >= 15 is 0 Å². The molecule has 28 heavy (non-hydrogen) atoms. The van der Waals surface area contributed by atoms with Gasteiger partial charge in [0.15, 0.2) is 11.5 Å². The number of piperazine rings is 1. The van der Waals surface area contributed by atoms with Crippen molar-refractivity contribution in [3.05, 3.63) is 63.7 Å². The predicted molar refractivity (Wildman–Crippen MR) is 104 cm³/mol. The fourth-order valence-electron chi connectivity index (χ4n) is 3.34. The van der Waals surface area contributed by atoms with Gasteiger partial charge in [0.2, 0.25) is 0 Å². The molecule has 0 N–H and O–H groups in total. The van der Waals surface area contributed by atoms with E-state index in [1.165, 1.54) is 24.3 Å². The van der Waals surface area contributed by atoms with Crippen molar-refractivity contribution in [2.45, 2.75) is 6.54 Å². The molecule has 3 rings (SSSR count). The standard InChI is InChI=1S/C20H23N3O5/c1-27-18-5-3-4-16(19(18)28-2)14-21-10-12-22(13-11-21)20(24)15-6-8-17(9-7-15)23(25)26/h3-9H,10-14H2,1-2H3. The van der Waals surface area contributed by atoms with Gasteiger partial charge in [0.05, 0.1) is 19.1 Å². The number of hydrogen-bond acceptors (Lipinski definition) is 6. The van der Waals surface area contributed by atoms with Crippen molar-refractivity contribution in [3.63, 3.8) is 0 Å². The summed E-state index contributed by atoms with van der Waals surface area (Å²) in [6.45, 7) is 3.38. The van der Waals surface area contributed by atoms with Crippen molar-refractivity contribution in [2.24, 2.45) is 0 Å². The minimum Gasteiger partial charge on any atom is -0.493 e. The van der Waals surface area contributed by atoms with Gasteiger partial charge in [0.1, 0.15) is 0 Å². The van der Waals surface area contributed by atoms with E-state index < -0.39 is 4.92 Å². The SMILES string of the molecule is COc1cccc(CN2CCN(C(=O)c3ccc([N+](=O)[O-])cc3)CC2)c1OC. The van der Waals surface area contributed by atoms with Crippen molar-refractivity contribution in [1.29, 1.82) is 0 Å². The average Bonchev–Trinajstić information content (AvgIpc) is 2.73. The van der Waals surface area contributed by atoms with Gasteiger partial charge >= 0.3 is 0 Å². The van der Waals surface area contributed by atoms with E-state index in [1.54, 1.807) is 19.1 Å². The fraction of sp³-hybridized carbons (Fsp3) is 0.350. The molecule has 0 radical (unpaired) electrons. The first-order valence-electron chi connectivity index (χ1n) is 8.99. The van der Waals surface area contributed by atoms with Crippen LogP contribution in [0.2, 0.25) is 0 Å². The van der Waals surface area contributed by atoms with Crippen LogP contribution in [0, 0.1) is 10.1 Å². The van der Waals surface area contributed by atoms with Gasteiger partial charge in [-0.1, -0.05) is 12.1 Å². The number of para-hydroxylation sites is 1. The Kier molecular flexibility index (Phi) is 6.10. The van der Waals surface area contributed by atoms with E-state index in [4.69, 9.17) is 9.47 Å². The number of benzene rings is 2. The van der Waals surface area contributed by atoms with Gasteiger partial charge in [-0.3, -0.25) is 19.8 Å². The Labute approximate surface area is 163 Å². The number of rotatable bonds is 6. The third-order valence-electron chi connectivity index (χ3n) is 4.86. The van der Waals surface area contributed by atoms with Crippen molar-refractivity contribution >= 4 is 11.6 Å². The largest absolute Gasteiger partial charge is 0.493 e. The van der Waals surface area contributed by atoms with Gasteiger partial charge in [-0.25, -0.2) is 0 Å². The highest BCUT2D eigenvalue weighted by Crippen LogP contribution is 2.31. The summed E-state index contributed by atoms with van der Waals surface area (Å²) in [4.78, 5) is 26.9. The minimum absolute atomic E-state index is 0.0198. The third-order valence-corrected chi connectivity index (χ3v) is 4.86. The zero-order valence-corrected chi connectivity index (χ0v) is 16.0. The van der Waals surface area contributed by atoms with E-state index in [2.05, 4.69) is 4.90 Å². The number of hydrogen-bond donors (Lipinski definition) is 0. The molecule has 1 saturated heterocycles. The molecule has 1 fully saturated rings. The lowest BCUT2D eigenvalue weighted by Gasteiger charge is -2.35. The van der Waals surface area contributed by atoms with Gasteiger partial charge in [0.25, 0.3) is 11.6 Å². The minimum atomic E-state index is -0.472. The molecular weight excluding hydrogens is 362 g/mol. The molecule has 8 nitrogen and oxygen atoms in total. The van der Waals surface area contributed by atoms with Crippen LogP contribution in [0.4, 0.5) is 5.69 Å². The smallest absolute Gasteiger partial charge is 0.269 e. The molecule has 1 aliphatic rings. The summed E-state index contributed by atoms with van der Waals surface area (Å²) >= 11 is 0. The van der Waals surface area contributed by atoms with Gasteiger partial charge in [-0.05, 0) is 18.2 Å². The highest BCUT2D eigenvalue weighted by atomic mass is 16.6. The second kappa shape index (κ2) is 8.71. The quantitative estimate of drug-likeness (QED) is 0.561. The number of non-ortho nitro benzene ring substituents is 1. The predicted octanol–water partition coefficient (Wildman–Crippen LogP) is 2.57. The normalized spacial score (nSPS) is 14.6. The molecule has 8 heteroatoms. The van der Waals surface area contributed by atoms with E-state index in [-0.39, 0.29) is 11.6 Å². The number of carbonyl (C=O) groups is 1. The second-order valence-corrected chi connectivity index (χ2v) is 6.52. The molecule has 1 heterocycles. The Bertz CT molecular complexity index is 845. The number of nitro groups is 1. The summed E-state index contributed by atoms with van der Waals surface area (Å²) in [5.41, 5.74) is 1.49. The van der Waals surface area contributed by atoms with Crippen LogP contribution in [0.15, 0.2) is 42.5 Å². The first-order chi connectivity index (χ1) is 13.5. The first-order valence-corrected chi connectivity index (χ1v) is 8.99. The van der Waals surface area contributed by atoms with E-state index in [0.29, 0.717) is 30.9 Å². The lowest BCUT2D eigenvalue weighted by molar-refractivity contribution is -0.384. The number of ether oxygens (including phenoxy) is 2. The van der Waals surface area contributed by atoms with E-state index in [9.17, 15) is 14.9 Å². The Morgan fingerprint density at radius 2 is 1.71 bits per heavy atom. The molecule has 1 amide bonds. The molecule has 2 aromatic rings. The summed E-state index contributed by atoms with van der Waals surface area (Å²) < 4.78 is 10.8. The molecule has 0 aliphatic carbocycles. The van der Waals surface area contributed by atoms with Crippen LogP contribution < -0.4 is 9.47 Å². The molecule has 2 aromatic carbocycles. The van der Waals surface area contributed by atoms with Crippen LogP contribution in [0.5, 0.6) is 11.5 Å². The average molecular weight is 385 g/mol. The number of carbonyl (C=O) groups excluding carboxylic acids is 1. The van der Waals surface area contributed by atoms with E-state index in [1.807, 2.05) is 18.2 Å². The molecule has 0 bridgehead atoms. The topological polar surface area (TPSA) is 85.2 Å². The summed E-state index contributed by atoms with van der Waals surface area (Å²) in [6, 6.07) is 11.5. The molecule has 0 saturated carbocycles. The van der Waals surface area contributed by atoms with Crippen molar-refractivity contribution in [1.82, 2.24) is 9.80 Å². The lowest BCUT2D eigenvalue weighted by Crippen LogP contribution is -2.48. The summed E-state index contributed by atoms with van der Waals surface area (Å²) in [6.07, 6.45) is 0. The maximum atomic E-state index is 12.6. The number of nitro benzene ring substituents is 1. The Hall–Kier alpha value is -3.13. The van der Waals surface area contributed by atoms with Gasteiger partial charge < -0.3 is 14.4 Å². The molecule has 0 unspecified atom stereocenters. The van der Waals surface area contributed by atoms with Crippen LogP contribution in [0.3, 0.4) is 0 Å². The third kappa shape index (κ3) is 4.23. The second-order valence-electron chi connectivity index (χ2n) is 6.52. The maximum Gasteiger partial charge on any atom is 0.269 e.